The van der Waals surface area contributed by atoms with Crippen molar-refractivity contribution >= 4 is 34.3 Å². The van der Waals surface area contributed by atoms with Gasteiger partial charge < -0.3 is 9.72 Å². The van der Waals surface area contributed by atoms with E-state index in [1.54, 1.807) is 6.26 Å². The SMILES string of the molecule is CCC(Oc1nc(Cl)c(F)c2nc(SC)[nH]c(=O)c12)C(F)(F)F. The van der Waals surface area contributed by atoms with Crippen molar-refractivity contribution in [2.45, 2.75) is 30.8 Å². The lowest BCUT2D eigenvalue weighted by atomic mass is 10.2. The summed E-state index contributed by atoms with van der Waals surface area (Å²) in [6.07, 6.45) is -5.72. The standard InChI is InChI=1S/C12H10ClF4N3O2S/c1-3-4(12(15,16)17)22-10-5-7(6(14)8(13)19-10)18-11(23-2)20-9(5)21/h4H,3H2,1-2H3,(H,18,20,21). The van der Waals surface area contributed by atoms with E-state index in [1.165, 1.54) is 6.92 Å². The number of halogens is 5. The van der Waals surface area contributed by atoms with E-state index in [4.69, 9.17) is 16.3 Å². The summed E-state index contributed by atoms with van der Waals surface area (Å²) in [5.41, 5.74) is -1.36. The number of alkyl halides is 3. The van der Waals surface area contributed by atoms with Crippen LogP contribution in [0.4, 0.5) is 17.6 Å². The Morgan fingerprint density at radius 3 is 2.57 bits per heavy atom. The summed E-state index contributed by atoms with van der Waals surface area (Å²) in [6, 6.07) is 0. The summed E-state index contributed by atoms with van der Waals surface area (Å²) >= 11 is 6.60. The van der Waals surface area contributed by atoms with Crippen LogP contribution in [0, 0.1) is 5.82 Å². The predicted octanol–water partition coefficient (Wildman–Crippen LogP) is 3.55. The maximum absolute atomic E-state index is 14.0. The molecule has 0 aliphatic heterocycles. The fourth-order valence-corrected chi connectivity index (χ4v) is 2.34. The van der Waals surface area contributed by atoms with Crippen molar-refractivity contribution in [2.75, 3.05) is 6.26 Å². The molecule has 1 atom stereocenters. The highest BCUT2D eigenvalue weighted by Gasteiger charge is 2.41. The van der Waals surface area contributed by atoms with Crippen molar-refractivity contribution in [2.24, 2.45) is 0 Å². The maximum Gasteiger partial charge on any atom is 0.425 e. The van der Waals surface area contributed by atoms with E-state index >= 15 is 0 Å². The molecule has 0 amide bonds. The van der Waals surface area contributed by atoms with E-state index in [9.17, 15) is 22.4 Å². The summed E-state index contributed by atoms with van der Waals surface area (Å²) in [5.74, 6) is -1.81. The second-order valence-corrected chi connectivity index (χ2v) is 5.53. The van der Waals surface area contributed by atoms with Crippen molar-refractivity contribution in [3.63, 3.8) is 0 Å². The molecule has 0 saturated carbocycles. The van der Waals surface area contributed by atoms with Crippen LogP contribution in [0.1, 0.15) is 13.3 Å². The molecule has 0 saturated heterocycles. The van der Waals surface area contributed by atoms with Gasteiger partial charge in [-0.15, -0.1) is 0 Å². The first-order valence-electron chi connectivity index (χ1n) is 6.25. The van der Waals surface area contributed by atoms with E-state index in [-0.39, 0.29) is 5.16 Å². The summed E-state index contributed by atoms with van der Waals surface area (Å²) in [5, 5.41) is -1.17. The Morgan fingerprint density at radius 2 is 2.04 bits per heavy atom. The van der Waals surface area contributed by atoms with E-state index in [1.807, 2.05) is 0 Å². The van der Waals surface area contributed by atoms with Gasteiger partial charge in [0, 0.05) is 0 Å². The van der Waals surface area contributed by atoms with Gasteiger partial charge in [0.15, 0.2) is 22.2 Å². The molecular formula is C12H10ClF4N3O2S. The van der Waals surface area contributed by atoms with E-state index in [2.05, 4.69) is 15.0 Å². The Hall–Kier alpha value is -1.55. The van der Waals surface area contributed by atoms with Crippen LogP contribution in [0.5, 0.6) is 5.88 Å². The molecule has 0 aliphatic carbocycles. The zero-order chi connectivity index (χ0) is 17.4. The number of aromatic amines is 1. The number of ether oxygens (including phenoxy) is 1. The van der Waals surface area contributed by atoms with Crippen LogP contribution in [0.2, 0.25) is 5.15 Å². The molecule has 126 valence electrons. The van der Waals surface area contributed by atoms with Crippen molar-refractivity contribution < 1.29 is 22.3 Å². The van der Waals surface area contributed by atoms with Crippen LogP contribution >= 0.6 is 23.4 Å². The van der Waals surface area contributed by atoms with Crippen LogP contribution in [0.25, 0.3) is 10.9 Å². The Morgan fingerprint density at radius 1 is 1.39 bits per heavy atom. The van der Waals surface area contributed by atoms with Gasteiger partial charge in [0.1, 0.15) is 10.9 Å². The minimum atomic E-state index is -4.68. The van der Waals surface area contributed by atoms with Crippen molar-refractivity contribution in [1.29, 1.82) is 0 Å². The molecule has 2 aromatic rings. The number of aromatic nitrogens is 3. The fourth-order valence-electron chi connectivity index (χ4n) is 1.80. The molecular weight excluding hydrogens is 362 g/mol. The van der Waals surface area contributed by atoms with Gasteiger partial charge in [-0.1, -0.05) is 30.3 Å². The average Bonchev–Trinajstić information content (AvgIpc) is 2.47. The zero-order valence-corrected chi connectivity index (χ0v) is 13.4. The number of rotatable bonds is 4. The highest BCUT2D eigenvalue weighted by molar-refractivity contribution is 7.98. The van der Waals surface area contributed by atoms with Crippen LogP contribution < -0.4 is 10.3 Å². The van der Waals surface area contributed by atoms with Gasteiger partial charge in [0.25, 0.3) is 5.56 Å². The Kier molecular flexibility index (Phi) is 5.04. The quantitative estimate of drug-likeness (QED) is 0.385. The van der Waals surface area contributed by atoms with Gasteiger partial charge in [0.05, 0.1) is 0 Å². The normalized spacial score (nSPS) is 13.3. The topological polar surface area (TPSA) is 67.9 Å². The Labute approximate surface area is 136 Å². The minimum Gasteiger partial charge on any atom is -0.464 e. The summed E-state index contributed by atoms with van der Waals surface area (Å²) in [4.78, 5) is 21.6. The first-order valence-corrected chi connectivity index (χ1v) is 7.85. The van der Waals surface area contributed by atoms with Crippen molar-refractivity contribution in [3.05, 3.63) is 21.3 Å². The average molecular weight is 372 g/mol. The Bertz CT molecular complexity index is 796. The fraction of sp³-hybridized carbons (Fsp3) is 0.417. The third-order valence-electron chi connectivity index (χ3n) is 2.88. The third-order valence-corrected chi connectivity index (χ3v) is 3.71. The third kappa shape index (κ3) is 3.52. The van der Waals surface area contributed by atoms with E-state index in [0.29, 0.717) is 0 Å². The molecule has 11 heteroatoms. The van der Waals surface area contributed by atoms with Crippen molar-refractivity contribution in [1.82, 2.24) is 15.0 Å². The molecule has 0 aliphatic rings. The van der Waals surface area contributed by atoms with E-state index in [0.717, 1.165) is 11.8 Å². The molecule has 0 spiro atoms. The van der Waals surface area contributed by atoms with Gasteiger partial charge in [-0.3, -0.25) is 4.79 Å². The lowest BCUT2D eigenvalue weighted by Gasteiger charge is -2.20. The minimum absolute atomic E-state index is 0.0810. The van der Waals surface area contributed by atoms with Gasteiger partial charge >= 0.3 is 6.18 Å². The highest BCUT2D eigenvalue weighted by atomic mass is 35.5. The molecule has 0 bridgehead atoms. The largest absolute Gasteiger partial charge is 0.464 e. The smallest absolute Gasteiger partial charge is 0.425 e. The number of pyridine rings is 1. The first kappa shape index (κ1) is 17.8. The van der Waals surface area contributed by atoms with Crippen LogP contribution in [0.15, 0.2) is 9.95 Å². The monoisotopic (exact) mass is 371 g/mol. The molecule has 5 nitrogen and oxygen atoms in total. The number of hydrogen-bond acceptors (Lipinski definition) is 5. The Balaban J connectivity index is 2.70. The van der Waals surface area contributed by atoms with E-state index < -0.39 is 52.0 Å². The van der Waals surface area contributed by atoms with Crippen LogP contribution in [-0.4, -0.2) is 33.5 Å². The summed E-state index contributed by atoms with van der Waals surface area (Å²) < 4.78 is 57.3. The van der Waals surface area contributed by atoms with Crippen molar-refractivity contribution in [3.8, 4) is 5.88 Å². The van der Waals surface area contributed by atoms with Crippen LogP contribution in [-0.2, 0) is 0 Å². The number of nitrogens with one attached hydrogen (secondary N) is 1. The number of thioether (sulfide) groups is 1. The summed E-state index contributed by atoms with van der Waals surface area (Å²) in [6.45, 7) is 1.25. The first-order chi connectivity index (χ1) is 10.7. The molecule has 0 aromatic carbocycles. The van der Waals surface area contributed by atoms with Gasteiger partial charge in [0.2, 0.25) is 5.88 Å². The van der Waals surface area contributed by atoms with Crippen LogP contribution in [0.3, 0.4) is 0 Å². The molecule has 1 N–H and O–H groups in total. The molecule has 0 radical (unpaired) electrons. The molecule has 0 fully saturated rings. The van der Waals surface area contributed by atoms with Gasteiger partial charge in [-0.25, -0.2) is 9.37 Å². The molecule has 2 aromatic heterocycles. The summed E-state index contributed by atoms with van der Waals surface area (Å²) in [7, 11) is 0. The highest BCUT2D eigenvalue weighted by Crippen LogP contribution is 2.32. The zero-order valence-electron chi connectivity index (χ0n) is 11.8. The number of hydrogen-bond donors (Lipinski definition) is 1. The molecule has 2 heterocycles. The lowest BCUT2D eigenvalue weighted by Crippen LogP contribution is -2.34. The second-order valence-electron chi connectivity index (χ2n) is 4.38. The molecule has 1 unspecified atom stereocenters. The van der Waals surface area contributed by atoms with Gasteiger partial charge in [-0.2, -0.15) is 18.2 Å². The van der Waals surface area contributed by atoms with Gasteiger partial charge in [-0.05, 0) is 12.7 Å². The lowest BCUT2D eigenvalue weighted by molar-refractivity contribution is -0.196. The number of H-pyrrole nitrogens is 1. The number of nitrogens with zero attached hydrogens (tertiary/aromatic N) is 2. The molecule has 2 rings (SSSR count). The second kappa shape index (κ2) is 6.52. The maximum atomic E-state index is 14.0. The predicted molar refractivity (Wildman–Crippen MR) is 77.7 cm³/mol. The molecule has 23 heavy (non-hydrogen) atoms. The number of fused-ring (bicyclic) bond motifs is 1.